The molecule has 0 aliphatic heterocycles. The molecule has 0 aromatic heterocycles. The zero-order chi connectivity index (χ0) is 15.3. The van der Waals surface area contributed by atoms with Gasteiger partial charge in [-0.15, -0.1) is 11.6 Å². The van der Waals surface area contributed by atoms with Crippen molar-refractivity contribution in [3.05, 3.63) is 60.7 Å². The van der Waals surface area contributed by atoms with Gasteiger partial charge in [-0.25, -0.2) is 0 Å². The third-order valence-electron chi connectivity index (χ3n) is 3.16. The fraction of sp³-hybridized carbons (Fsp3) is 0.250. The molecule has 0 aliphatic carbocycles. The van der Waals surface area contributed by atoms with Crippen molar-refractivity contribution in [1.82, 2.24) is 0 Å². The minimum Gasteiger partial charge on any atom is -0.393 e. The molecular formula is C16H18ClO3P. The van der Waals surface area contributed by atoms with Gasteiger partial charge in [0.1, 0.15) is 5.60 Å². The third-order valence-corrected chi connectivity index (χ3v) is 6.38. The van der Waals surface area contributed by atoms with E-state index in [0.29, 0.717) is 10.6 Å². The molecule has 0 heterocycles. The quantitative estimate of drug-likeness (QED) is 0.656. The molecule has 0 spiro atoms. The molecule has 0 saturated carbocycles. The molecule has 21 heavy (non-hydrogen) atoms. The fourth-order valence-corrected chi connectivity index (χ4v) is 4.51. The average molecular weight is 325 g/mol. The molecule has 5 heteroatoms. The highest BCUT2D eigenvalue weighted by Gasteiger charge is 2.37. The van der Waals surface area contributed by atoms with Gasteiger partial charge in [-0.3, -0.25) is 4.57 Å². The lowest BCUT2D eigenvalue weighted by Gasteiger charge is -2.31. The van der Waals surface area contributed by atoms with Gasteiger partial charge >= 0.3 is 0 Å². The lowest BCUT2D eigenvalue weighted by atomic mass is 10.2. The second kappa shape index (κ2) is 6.76. The lowest BCUT2D eigenvalue weighted by Crippen LogP contribution is -2.37. The van der Waals surface area contributed by atoms with Crippen molar-refractivity contribution in [3.63, 3.8) is 0 Å². The first kappa shape index (κ1) is 16.3. The van der Waals surface area contributed by atoms with E-state index in [-0.39, 0.29) is 12.5 Å². The Morgan fingerprint density at radius 2 is 1.48 bits per heavy atom. The smallest absolute Gasteiger partial charge is 0.261 e. The number of aliphatic hydroxyl groups excluding tert-OH is 1. The summed E-state index contributed by atoms with van der Waals surface area (Å²) in [6, 6.07) is 18.0. The third kappa shape index (κ3) is 3.56. The molecule has 112 valence electrons. The van der Waals surface area contributed by atoms with Crippen LogP contribution in [0.1, 0.15) is 6.92 Å². The molecule has 2 rings (SSSR count). The molecule has 0 aliphatic rings. The first-order chi connectivity index (χ1) is 10.0. The fourth-order valence-electron chi connectivity index (χ4n) is 1.91. The van der Waals surface area contributed by atoms with Crippen LogP contribution < -0.4 is 10.6 Å². The monoisotopic (exact) mass is 324 g/mol. The van der Waals surface area contributed by atoms with E-state index in [0.717, 1.165) is 0 Å². The molecule has 0 radical (unpaired) electrons. The van der Waals surface area contributed by atoms with E-state index in [9.17, 15) is 9.67 Å². The number of alkyl halides is 1. The lowest BCUT2D eigenvalue weighted by molar-refractivity contribution is 0.0505. The maximum absolute atomic E-state index is 13.6. The standard InChI is InChI=1S/C16H18ClO3P/c1-16(12-17,13-18)20-21(19,14-8-4-2-5-9-14)15-10-6-3-7-11-15/h2-11,18H,12-13H2,1H3. The van der Waals surface area contributed by atoms with Crippen molar-refractivity contribution >= 4 is 29.6 Å². The Morgan fingerprint density at radius 1 is 1.05 bits per heavy atom. The van der Waals surface area contributed by atoms with E-state index in [2.05, 4.69) is 0 Å². The molecule has 1 N–H and O–H groups in total. The maximum Gasteiger partial charge on any atom is 0.261 e. The summed E-state index contributed by atoms with van der Waals surface area (Å²) in [4.78, 5) is 0. The highest BCUT2D eigenvalue weighted by molar-refractivity contribution is 7.74. The highest BCUT2D eigenvalue weighted by atomic mass is 35.5. The van der Waals surface area contributed by atoms with Crippen molar-refractivity contribution in [2.24, 2.45) is 0 Å². The van der Waals surface area contributed by atoms with Crippen molar-refractivity contribution < 1.29 is 14.2 Å². The van der Waals surface area contributed by atoms with Gasteiger partial charge in [0.25, 0.3) is 7.37 Å². The Morgan fingerprint density at radius 3 is 1.81 bits per heavy atom. The van der Waals surface area contributed by atoms with Gasteiger partial charge < -0.3 is 9.63 Å². The zero-order valence-electron chi connectivity index (χ0n) is 11.8. The summed E-state index contributed by atoms with van der Waals surface area (Å²) in [6.07, 6.45) is 0. The van der Waals surface area contributed by atoms with Crippen LogP contribution in [0.4, 0.5) is 0 Å². The second-order valence-electron chi connectivity index (χ2n) is 5.06. The summed E-state index contributed by atoms with van der Waals surface area (Å²) < 4.78 is 19.4. The van der Waals surface area contributed by atoms with Gasteiger partial charge in [-0.1, -0.05) is 36.4 Å². The number of halogens is 1. The normalized spacial score (nSPS) is 14.6. The van der Waals surface area contributed by atoms with Crippen LogP contribution in [0.15, 0.2) is 60.7 Å². The van der Waals surface area contributed by atoms with Crippen LogP contribution in [0.25, 0.3) is 0 Å². The first-order valence-corrected chi connectivity index (χ1v) is 8.79. The maximum atomic E-state index is 13.6. The van der Waals surface area contributed by atoms with Crippen molar-refractivity contribution in [2.45, 2.75) is 12.5 Å². The second-order valence-corrected chi connectivity index (χ2v) is 7.64. The summed E-state index contributed by atoms with van der Waals surface area (Å²) in [7, 11) is -3.32. The van der Waals surface area contributed by atoms with Crippen molar-refractivity contribution in [2.75, 3.05) is 12.5 Å². The number of hydrogen-bond donors (Lipinski definition) is 1. The molecule has 0 saturated heterocycles. The predicted octanol–water partition coefficient (Wildman–Crippen LogP) is 2.92. The van der Waals surface area contributed by atoms with Gasteiger partial charge in [0.15, 0.2) is 0 Å². The van der Waals surface area contributed by atoms with E-state index < -0.39 is 13.0 Å². The summed E-state index contributed by atoms with van der Waals surface area (Å²) in [5.41, 5.74) is -1.07. The molecule has 2 aromatic carbocycles. The molecule has 0 amide bonds. The van der Waals surface area contributed by atoms with Gasteiger partial charge in [0, 0.05) is 10.6 Å². The van der Waals surface area contributed by atoms with E-state index in [1.165, 1.54) is 0 Å². The number of benzene rings is 2. The van der Waals surface area contributed by atoms with E-state index in [1.807, 2.05) is 36.4 Å². The Labute approximate surface area is 130 Å². The molecule has 0 bridgehead atoms. The number of hydrogen-bond acceptors (Lipinski definition) is 3. The summed E-state index contributed by atoms with van der Waals surface area (Å²) >= 11 is 5.88. The van der Waals surface area contributed by atoms with E-state index in [1.54, 1.807) is 31.2 Å². The van der Waals surface area contributed by atoms with Crippen LogP contribution in [-0.2, 0) is 9.09 Å². The summed E-state index contributed by atoms with van der Waals surface area (Å²) in [6.45, 7) is 1.35. The van der Waals surface area contributed by atoms with Crippen LogP contribution in [0.2, 0.25) is 0 Å². The van der Waals surface area contributed by atoms with Crippen LogP contribution in [-0.4, -0.2) is 23.2 Å². The van der Waals surface area contributed by atoms with Crippen molar-refractivity contribution in [3.8, 4) is 0 Å². The first-order valence-electron chi connectivity index (χ1n) is 6.63. The minimum absolute atomic E-state index is 0.0488. The number of aliphatic hydroxyl groups is 1. The average Bonchev–Trinajstić information content (AvgIpc) is 2.56. The highest BCUT2D eigenvalue weighted by Crippen LogP contribution is 2.48. The Hall–Kier alpha value is -1.12. The Balaban J connectivity index is 2.53. The van der Waals surface area contributed by atoms with Crippen LogP contribution in [0.5, 0.6) is 0 Å². The summed E-state index contributed by atoms with van der Waals surface area (Å²) in [5.74, 6) is 0.0488. The number of rotatable bonds is 6. The zero-order valence-corrected chi connectivity index (χ0v) is 13.4. The SMILES string of the molecule is CC(CO)(CCl)OP(=O)(c1ccccc1)c1ccccc1. The van der Waals surface area contributed by atoms with Gasteiger partial charge in [0.2, 0.25) is 0 Å². The Bertz CT molecular complexity index is 568. The molecule has 2 aromatic rings. The topological polar surface area (TPSA) is 46.5 Å². The van der Waals surface area contributed by atoms with E-state index >= 15 is 0 Å². The largest absolute Gasteiger partial charge is 0.393 e. The predicted molar refractivity (Wildman–Crippen MR) is 87.1 cm³/mol. The van der Waals surface area contributed by atoms with Gasteiger partial charge in [0.05, 0.1) is 12.5 Å². The molecule has 3 nitrogen and oxygen atoms in total. The molecule has 1 unspecified atom stereocenters. The van der Waals surface area contributed by atoms with E-state index in [4.69, 9.17) is 16.1 Å². The van der Waals surface area contributed by atoms with Gasteiger partial charge in [-0.2, -0.15) is 0 Å². The minimum atomic E-state index is -3.32. The molecule has 1 atom stereocenters. The Kier molecular flexibility index (Phi) is 5.23. The summed E-state index contributed by atoms with van der Waals surface area (Å²) in [5, 5.41) is 10.7. The van der Waals surface area contributed by atoms with Gasteiger partial charge in [-0.05, 0) is 31.2 Å². The van der Waals surface area contributed by atoms with Crippen LogP contribution >= 0.6 is 19.0 Å². The van der Waals surface area contributed by atoms with Crippen molar-refractivity contribution in [1.29, 1.82) is 0 Å². The van der Waals surface area contributed by atoms with Crippen LogP contribution in [0.3, 0.4) is 0 Å². The molecular weight excluding hydrogens is 307 g/mol. The van der Waals surface area contributed by atoms with Crippen LogP contribution in [0, 0.1) is 0 Å². The molecule has 0 fully saturated rings.